The first-order chi connectivity index (χ1) is 8.47. The van der Waals surface area contributed by atoms with E-state index in [1.165, 1.54) is 4.90 Å². The second-order valence-electron chi connectivity index (χ2n) is 5.39. The summed E-state index contributed by atoms with van der Waals surface area (Å²) >= 11 is 0. The second kappa shape index (κ2) is 4.85. The van der Waals surface area contributed by atoms with Gasteiger partial charge in [-0.1, -0.05) is 0 Å². The van der Waals surface area contributed by atoms with Gasteiger partial charge in [0.05, 0.1) is 18.6 Å². The Labute approximate surface area is 106 Å². The molecule has 0 aliphatic carbocycles. The summed E-state index contributed by atoms with van der Waals surface area (Å²) in [6.07, 6.45) is 2.22. The number of nitrogens with zero attached hydrogens (tertiary/aromatic N) is 1. The molecule has 0 radical (unpaired) electrons. The number of nitrogens with two attached hydrogens (primary N) is 1. The smallest absolute Gasteiger partial charge is 0.326 e. The number of hydrogen-bond donors (Lipinski definition) is 2. The van der Waals surface area contributed by atoms with Crippen molar-refractivity contribution < 1.29 is 19.4 Å². The SMILES string of the molecule is CC1(C(=O)N2CCCC[C@H]2C(=O)O)COCC1N. The number of carbonyl (C=O) groups is 2. The van der Waals surface area contributed by atoms with Crippen molar-refractivity contribution in [3.63, 3.8) is 0 Å². The Balaban J connectivity index is 2.18. The third-order valence-corrected chi connectivity index (χ3v) is 4.05. The minimum absolute atomic E-state index is 0.181. The van der Waals surface area contributed by atoms with Gasteiger partial charge in [-0.2, -0.15) is 0 Å². The highest BCUT2D eigenvalue weighted by atomic mass is 16.5. The maximum Gasteiger partial charge on any atom is 0.326 e. The summed E-state index contributed by atoms with van der Waals surface area (Å²) in [7, 11) is 0. The molecule has 18 heavy (non-hydrogen) atoms. The van der Waals surface area contributed by atoms with Gasteiger partial charge in [0.25, 0.3) is 0 Å². The Kier molecular flexibility index (Phi) is 3.59. The van der Waals surface area contributed by atoms with Crippen molar-refractivity contribution in [2.24, 2.45) is 11.1 Å². The van der Waals surface area contributed by atoms with E-state index in [0.717, 1.165) is 12.8 Å². The zero-order valence-corrected chi connectivity index (χ0v) is 10.6. The summed E-state index contributed by atoms with van der Waals surface area (Å²) in [5.74, 6) is -1.11. The summed E-state index contributed by atoms with van der Waals surface area (Å²) in [4.78, 5) is 25.2. The van der Waals surface area contributed by atoms with E-state index in [-0.39, 0.29) is 18.6 Å². The van der Waals surface area contributed by atoms with E-state index in [4.69, 9.17) is 10.5 Å². The van der Waals surface area contributed by atoms with Crippen LogP contribution in [0.15, 0.2) is 0 Å². The van der Waals surface area contributed by atoms with Crippen LogP contribution in [-0.2, 0) is 14.3 Å². The predicted molar refractivity (Wildman–Crippen MR) is 63.9 cm³/mol. The molecule has 0 aromatic heterocycles. The number of carbonyl (C=O) groups excluding carboxylic acids is 1. The maximum atomic E-state index is 12.6. The summed E-state index contributed by atoms with van der Waals surface area (Å²) in [5.41, 5.74) is 5.14. The molecule has 2 aliphatic rings. The second-order valence-corrected chi connectivity index (χ2v) is 5.39. The molecule has 0 aromatic carbocycles. The molecule has 0 bridgehead atoms. The normalized spacial score (nSPS) is 36.7. The van der Waals surface area contributed by atoms with Crippen molar-refractivity contribution in [2.75, 3.05) is 19.8 Å². The predicted octanol–water partition coefficient (Wildman–Crippen LogP) is -0.184. The van der Waals surface area contributed by atoms with Gasteiger partial charge in [-0.25, -0.2) is 4.79 Å². The quantitative estimate of drug-likeness (QED) is 0.714. The van der Waals surface area contributed by atoms with Crippen LogP contribution in [0.25, 0.3) is 0 Å². The highest BCUT2D eigenvalue weighted by Gasteiger charge is 2.48. The molecule has 6 nitrogen and oxygen atoms in total. The lowest BCUT2D eigenvalue weighted by Gasteiger charge is -2.39. The van der Waals surface area contributed by atoms with Crippen LogP contribution in [0.5, 0.6) is 0 Å². The molecule has 2 fully saturated rings. The van der Waals surface area contributed by atoms with Gasteiger partial charge >= 0.3 is 5.97 Å². The Morgan fingerprint density at radius 1 is 1.44 bits per heavy atom. The van der Waals surface area contributed by atoms with Crippen molar-refractivity contribution in [1.82, 2.24) is 4.90 Å². The number of carboxylic acids is 1. The molecular weight excluding hydrogens is 236 g/mol. The number of hydrogen-bond acceptors (Lipinski definition) is 4. The van der Waals surface area contributed by atoms with Crippen LogP contribution in [-0.4, -0.2) is 53.7 Å². The Morgan fingerprint density at radius 3 is 2.72 bits per heavy atom. The number of likely N-dealkylation sites (tertiary alicyclic amines) is 1. The molecule has 0 aromatic rings. The van der Waals surface area contributed by atoms with E-state index in [2.05, 4.69) is 0 Å². The molecule has 2 heterocycles. The fourth-order valence-electron chi connectivity index (χ4n) is 2.67. The van der Waals surface area contributed by atoms with Crippen LogP contribution < -0.4 is 5.73 Å². The molecule has 102 valence electrons. The molecule has 2 unspecified atom stereocenters. The fraction of sp³-hybridized carbons (Fsp3) is 0.833. The third kappa shape index (κ3) is 2.10. The summed E-state index contributed by atoms with van der Waals surface area (Å²) in [5, 5.41) is 9.19. The third-order valence-electron chi connectivity index (χ3n) is 4.05. The van der Waals surface area contributed by atoms with Crippen LogP contribution in [0, 0.1) is 5.41 Å². The first-order valence-electron chi connectivity index (χ1n) is 6.34. The molecule has 2 rings (SSSR count). The van der Waals surface area contributed by atoms with Gasteiger partial charge in [0.2, 0.25) is 5.91 Å². The van der Waals surface area contributed by atoms with Crippen molar-refractivity contribution in [3.8, 4) is 0 Å². The molecule has 3 atom stereocenters. The zero-order chi connectivity index (χ0) is 13.3. The van der Waals surface area contributed by atoms with Gasteiger partial charge in [-0.3, -0.25) is 4.79 Å². The number of aliphatic carboxylic acids is 1. The van der Waals surface area contributed by atoms with E-state index in [9.17, 15) is 14.7 Å². The van der Waals surface area contributed by atoms with E-state index in [1.807, 2.05) is 0 Å². The number of amides is 1. The van der Waals surface area contributed by atoms with Crippen molar-refractivity contribution >= 4 is 11.9 Å². The van der Waals surface area contributed by atoms with Gasteiger partial charge in [-0.05, 0) is 26.2 Å². The van der Waals surface area contributed by atoms with Gasteiger partial charge in [0.1, 0.15) is 6.04 Å². The van der Waals surface area contributed by atoms with Crippen LogP contribution >= 0.6 is 0 Å². The van der Waals surface area contributed by atoms with E-state index in [0.29, 0.717) is 19.6 Å². The van der Waals surface area contributed by atoms with Crippen molar-refractivity contribution in [2.45, 2.75) is 38.3 Å². The number of rotatable bonds is 2. The minimum Gasteiger partial charge on any atom is -0.480 e. The topological polar surface area (TPSA) is 92.9 Å². The number of carboxylic acid groups (broad SMARTS) is 1. The molecule has 6 heteroatoms. The van der Waals surface area contributed by atoms with Gasteiger partial charge in [0.15, 0.2) is 0 Å². The lowest BCUT2D eigenvalue weighted by Crippen LogP contribution is -2.57. The van der Waals surface area contributed by atoms with E-state index in [1.54, 1.807) is 6.92 Å². The summed E-state index contributed by atoms with van der Waals surface area (Å²) in [6, 6.07) is -1.07. The summed E-state index contributed by atoms with van der Waals surface area (Å²) in [6.45, 7) is 2.89. The maximum absolute atomic E-state index is 12.6. The molecular formula is C12H20N2O4. The first-order valence-corrected chi connectivity index (χ1v) is 6.34. The van der Waals surface area contributed by atoms with Gasteiger partial charge in [-0.15, -0.1) is 0 Å². The Hall–Kier alpha value is -1.14. The molecule has 2 saturated heterocycles. The largest absolute Gasteiger partial charge is 0.480 e. The van der Waals surface area contributed by atoms with Crippen LogP contribution in [0.1, 0.15) is 26.2 Å². The van der Waals surface area contributed by atoms with Crippen molar-refractivity contribution in [1.29, 1.82) is 0 Å². The highest BCUT2D eigenvalue weighted by molar-refractivity contribution is 5.88. The molecule has 0 spiro atoms. The van der Waals surface area contributed by atoms with Crippen LogP contribution in [0.2, 0.25) is 0 Å². The fourth-order valence-corrected chi connectivity index (χ4v) is 2.67. The molecule has 2 aliphatic heterocycles. The van der Waals surface area contributed by atoms with Crippen LogP contribution in [0.4, 0.5) is 0 Å². The van der Waals surface area contributed by atoms with E-state index >= 15 is 0 Å². The monoisotopic (exact) mass is 256 g/mol. The van der Waals surface area contributed by atoms with Gasteiger partial charge in [0, 0.05) is 12.6 Å². The highest BCUT2D eigenvalue weighted by Crippen LogP contribution is 2.32. The van der Waals surface area contributed by atoms with Crippen LogP contribution in [0.3, 0.4) is 0 Å². The number of ether oxygens (including phenoxy) is 1. The molecule has 1 amide bonds. The Morgan fingerprint density at radius 2 is 2.17 bits per heavy atom. The van der Waals surface area contributed by atoms with E-state index < -0.39 is 17.4 Å². The number of piperidine rings is 1. The average Bonchev–Trinajstić information content (AvgIpc) is 2.70. The summed E-state index contributed by atoms with van der Waals surface area (Å²) < 4.78 is 5.26. The minimum atomic E-state index is -0.931. The standard InChI is InChI=1S/C12H20N2O4/c1-12(7-18-6-9(12)13)11(17)14-5-3-2-4-8(14)10(15)16/h8-9H,2-7,13H2,1H3,(H,15,16)/t8-,9?,12?/m0/s1. The zero-order valence-electron chi connectivity index (χ0n) is 10.6. The van der Waals surface area contributed by atoms with Gasteiger partial charge < -0.3 is 20.5 Å². The first kappa shape index (κ1) is 13.3. The average molecular weight is 256 g/mol. The molecule has 0 saturated carbocycles. The lowest BCUT2D eigenvalue weighted by atomic mass is 9.83. The van der Waals surface area contributed by atoms with Crippen molar-refractivity contribution in [3.05, 3.63) is 0 Å². The molecule has 3 N–H and O–H groups in total. The Bertz CT molecular complexity index is 360. The lowest BCUT2D eigenvalue weighted by molar-refractivity contribution is -0.157.